The van der Waals surface area contributed by atoms with Crippen LogP contribution >= 0.6 is 0 Å². The first-order chi connectivity index (χ1) is 6.97. The molecule has 0 saturated carbocycles. The first-order valence-corrected chi connectivity index (χ1v) is 3.99. The highest BCUT2D eigenvalue weighted by atomic mass is 16.5. The van der Waals surface area contributed by atoms with E-state index in [1.165, 1.54) is 31.0 Å². The largest absolute Gasteiger partial charge is 0.475 e. The molecule has 0 aliphatic heterocycles. The molecule has 1 aromatic heterocycles. The van der Waals surface area contributed by atoms with Gasteiger partial charge in [0, 0.05) is 18.8 Å². The van der Waals surface area contributed by atoms with Crippen molar-refractivity contribution < 1.29 is 24.2 Å². The number of hydrogen-bond donors (Lipinski definition) is 1. The van der Waals surface area contributed by atoms with Crippen LogP contribution in [0.4, 0.5) is 0 Å². The molecule has 0 aliphatic carbocycles. The minimum Gasteiger partial charge on any atom is -0.475 e. The van der Waals surface area contributed by atoms with E-state index in [0.717, 1.165) is 0 Å². The Labute approximate surface area is 85.1 Å². The number of aryl methyl sites for hydroxylation is 1. The van der Waals surface area contributed by atoms with Crippen LogP contribution < -0.4 is 0 Å². The van der Waals surface area contributed by atoms with Crippen LogP contribution in [-0.4, -0.2) is 34.5 Å². The lowest BCUT2D eigenvalue weighted by molar-refractivity contribution is -0.131. The molecule has 0 radical (unpaired) electrons. The highest BCUT2D eigenvalue weighted by Crippen LogP contribution is 2.09. The Morgan fingerprint density at radius 1 is 1.40 bits per heavy atom. The molecule has 0 fully saturated rings. The predicted octanol–water partition coefficient (Wildman–Crippen LogP) is 0.0790. The number of rotatable bonds is 3. The molecular formula is C9H9NO5. The highest BCUT2D eigenvalue weighted by Gasteiger charge is 2.20. The Hall–Kier alpha value is -2.11. The second-order valence-electron chi connectivity index (χ2n) is 2.85. The lowest BCUT2D eigenvalue weighted by Crippen LogP contribution is -2.11. The van der Waals surface area contributed by atoms with Crippen LogP contribution in [0.25, 0.3) is 0 Å². The summed E-state index contributed by atoms with van der Waals surface area (Å²) < 4.78 is 5.79. The average Bonchev–Trinajstić information content (AvgIpc) is 2.57. The third kappa shape index (κ3) is 2.04. The number of carboxylic acids is 1. The van der Waals surface area contributed by atoms with Crippen molar-refractivity contribution in [3.8, 4) is 0 Å². The van der Waals surface area contributed by atoms with Gasteiger partial charge >= 0.3 is 11.9 Å². The van der Waals surface area contributed by atoms with E-state index in [0.29, 0.717) is 0 Å². The van der Waals surface area contributed by atoms with Crippen molar-refractivity contribution in [1.82, 2.24) is 4.57 Å². The maximum absolute atomic E-state index is 11.1. The summed E-state index contributed by atoms with van der Waals surface area (Å²) in [5.74, 6) is -3.24. The van der Waals surface area contributed by atoms with Gasteiger partial charge in [-0.3, -0.25) is 4.79 Å². The number of ether oxygens (including phenoxy) is 1. The maximum atomic E-state index is 11.1. The average molecular weight is 211 g/mol. The van der Waals surface area contributed by atoms with Crippen LogP contribution in [0.2, 0.25) is 0 Å². The molecule has 0 spiro atoms. The number of aliphatic carboxylic acids is 1. The monoisotopic (exact) mass is 211 g/mol. The Kier molecular flexibility index (Phi) is 2.89. The zero-order valence-electron chi connectivity index (χ0n) is 8.18. The molecule has 1 heterocycles. The van der Waals surface area contributed by atoms with Gasteiger partial charge in [-0.15, -0.1) is 0 Å². The normalized spacial score (nSPS) is 9.73. The van der Waals surface area contributed by atoms with Crippen LogP contribution in [0.1, 0.15) is 20.8 Å². The highest BCUT2D eigenvalue weighted by molar-refractivity contribution is 6.40. The van der Waals surface area contributed by atoms with Crippen molar-refractivity contribution in [2.24, 2.45) is 7.05 Å². The van der Waals surface area contributed by atoms with Gasteiger partial charge in [0.25, 0.3) is 5.78 Å². The number of aromatic nitrogens is 1. The van der Waals surface area contributed by atoms with Crippen LogP contribution in [0.3, 0.4) is 0 Å². The fourth-order valence-corrected chi connectivity index (χ4v) is 1.12. The number of carbonyl (C=O) groups is 3. The SMILES string of the molecule is COC(=O)c1cc(C(=O)C(=O)O)cn1C. The molecule has 1 aromatic rings. The number of esters is 1. The number of carboxylic acid groups (broad SMARTS) is 1. The van der Waals surface area contributed by atoms with Crippen LogP contribution in [-0.2, 0) is 16.6 Å². The first-order valence-electron chi connectivity index (χ1n) is 3.99. The summed E-state index contributed by atoms with van der Waals surface area (Å²) >= 11 is 0. The van der Waals surface area contributed by atoms with E-state index in [2.05, 4.69) is 4.74 Å². The summed E-state index contributed by atoms with van der Waals surface area (Å²) in [5, 5.41) is 8.46. The molecular weight excluding hydrogens is 202 g/mol. The van der Waals surface area contributed by atoms with Gasteiger partial charge in [-0.2, -0.15) is 0 Å². The molecule has 6 nitrogen and oxygen atoms in total. The molecule has 0 aromatic carbocycles. The number of methoxy groups -OCH3 is 1. The van der Waals surface area contributed by atoms with E-state index in [-0.39, 0.29) is 11.3 Å². The third-order valence-corrected chi connectivity index (χ3v) is 1.86. The summed E-state index contributed by atoms with van der Waals surface area (Å²) in [7, 11) is 2.72. The van der Waals surface area contributed by atoms with E-state index >= 15 is 0 Å². The minimum absolute atomic E-state index is 0.0506. The van der Waals surface area contributed by atoms with Gasteiger partial charge in [0.1, 0.15) is 5.69 Å². The molecule has 15 heavy (non-hydrogen) atoms. The summed E-state index contributed by atoms with van der Waals surface area (Å²) in [4.78, 5) is 32.6. The van der Waals surface area contributed by atoms with Gasteiger partial charge in [-0.25, -0.2) is 9.59 Å². The second kappa shape index (κ2) is 3.95. The van der Waals surface area contributed by atoms with Crippen molar-refractivity contribution in [1.29, 1.82) is 0 Å². The van der Waals surface area contributed by atoms with E-state index in [4.69, 9.17) is 5.11 Å². The molecule has 80 valence electrons. The maximum Gasteiger partial charge on any atom is 0.377 e. The van der Waals surface area contributed by atoms with Gasteiger partial charge in [0.05, 0.1) is 7.11 Å². The minimum atomic E-state index is -1.56. The van der Waals surface area contributed by atoms with Crippen LogP contribution in [0.5, 0.6) is 0 Å². The molecule has 0 bridgehead atoms. The van der Waals surface area contributed by atoms with Gasteiger partial charge in [-0.1, -0.05) is 0 Å². The summed E-state index contributed by atoms with van der Waals surface area (Å²) in [6.07, 6.45) is 1.27. The Morgan fingerprint density at radius 3 is 2.47 bits per heavy atom. The molecule has 6 heteroatoms. The fourth-order valence-electron chi connectivity index (χ4n) is 1.12. The fraction of sp³-hybridized carbons (Fsp3) is 0.222. The number of Topliss-reactive ketones (excluding diaryl/α,β-unsaturated/α-hetero) is 1. The Bertz CT molecular complexity index is 432. The van der Waals surface area contributed by atoms with Gasteiger partial charge in [0.15, 0.2) is 0 Å². The van der Waals surface area contributed by atoms with Crippen molar-refractivity contribution in [2.45, 2.75) is 0 Å². The van der Waals surface area contributed by atoms with Gasteiger partial charge in [0.2, 0.25) is 0 Å². The molecule has 0 saturated heterocycles. The molecule has 0 atom stereocenters. The smallest absolute Gasteiger partial charge is 0.377 e. The van der Waals surface area contributed by atoms with E-state index in [9.17, 15) is 14.4 Å². The third-order valence-electron chi connectivity index (χ3n) is 1.86. The van der Waals surface area contributed by atoms with Crippen LogP contribution in [0.15, 0.2) is 12.3 Å². The summed E-state index contributed by atoms with van der Waals surface area (Å²) in [5.41, 5.74) is 0.0764. The van der Waals surface area contributed by atoms with E-state index < -0.39 is 17.7 Å². The topological polar surface area (TPSA) is 85.6 Å². The van der Waals surface area contributed by atoms with E-state index in [1.54, 1.807) is 0 Å². The Morgan fingerprint density at radius 2 is 2.00 bits per heavy atom. The zero-order chi connectivity index (χ0) is 11.6. The number of carbonyl (C=O) groups excluding carboxylic acids is 2. The van der Waals surface area contributed by atoms with Crippen molar-refractivity contribution >= 4 is 17.7 Å². The molecule has 0 aliphatic rings. The zero-order valence-corrected chi connectivity index (χ0v) is 8.18. The summed E-state index contributed by atoms with van der Waals surface area (Å²) in [6.45, 7) is 0. The first kappa shape index (κ1) is 11.0. The van der Waals surface area contributed by atoms with Crippen molar-refractivity contribution in [3.05, 3.63) is 23.5 Å². The lowest BCUT2D eigenvalue weighted by Gasteiger charge is -1.98. The molecule has 0 unspecified atom stereocenters. The molecule has 1 N–H and O–H groups in total. The molecule has 0 amide bonds. The van der Waals surface area contributed by atoms with Crippen molar-refractivity contribution in [3.63, 3.8) is 0 Å². The second-order valence-corrected chi connectivity index (χ2v) is 2.85. The van der Waals surface area contributed by atoms with Crippen LogP contribution in [0, 0.1) is 0 Å². The van der Waals surface area contributed by atoms with Gasteiger partial charge in [-0.05, 0) is 6.07 Å². The number of ketones is 1. The number of nitrogens with zero attached hydrogens (tertiary/aromatic N) is 1. The van der Waals surface area contributed by atoms with Crippen molar-refractivity contribution in [2.75, 3.05) is 7.11 Å². The van der Waals surface area contributed by atoms with E-state index in [1.807, 2.05) is 0 Å². The predicted molar refractivity (Wildman–Crippen MR) is 48.7 cm³/mol. The van der Waals surface area contributed by atoms with Gasteiger partial charge < -0.3 is 14.4 Å². The Balaban J connectivity index is 3.11. The number of hydrogen-bond acceptors (Lipinski definition) is 4. The summed E-state index contributed by atoms with van der Waals surface area (Å²) in [6, 6.07) is 1.18. The molecule has 1 rings (SSSR count). The quantitative estimate of drug-likeness (QED) is 0.434. The standard InChI is InChI=1S/C9H9NO5/c1-10-4-5(7(11)8(12)13)3-6(10)9(14)15-2/h3-4H,1-2H3,(H,12,13). The lowest BCUT2D eigenvalue weighted by atomic mass is 10.2.